The van der Waals surface area contributed by atoms with Gasteiger partial charge in [-0.15, -0.1) is 0 Å². The maximum absolute atomic E-state index is 12.6. The quantitative estimate of drug-likeness (QED) is 0.430. The Labute approximate surface area is 158 Å². The maximum Gasteiger partial charge on any atom is 0.266 e. The van der Waals surface area contributed by atoms with E-state index in [4.69, 9.17) is 21.7 Å². The Morgan fingerprint density at radius 1 is 1.31 bits per heavy atom. The summed E-state index contributed by atoms with van der Waals surface area (Å²) in [5.74, 6) is -3.11. The van der Waals surface area contributed by atoms with Gasteiger partial charge in [-0.25, -0.2) is 0 Å². The van der Waals surface area contributed by atoms with Crippen LogP contribution >= 0.6 is 24.0 Å². The number of hydrogen-bond donors (Lipinski definition) is 0. The summed E-state index contributed by atoms with van der Waals surface area (Å²) in [7, 11) is 2.94. The minimum atomic E-state index is -1.74. The number of nitrogens with zero attached hydrogens (tertiary/aromatic N) is 1. The van der Waals surface area contributed by atoms with Crippen molar-refractivity contribution in [2.24, 2.45) is 0 Å². The monoisotopic (exact) mass is 395 g/mol. The highest BCUT2D eigenvalue weighted by Crippen LogP contribution is 2.36. The van der Waals surface area contributed by atoms with Gasteiger partial charge < -0.3 is 29.3 Å². The predicted octanol–water partition coefficient (Wildman–Crippen LogP) is -0.837. The third kappa shape index (κ3) is 4.14. The third-order valence-corrected chi connectivity index (χ3v) is 4.82. The summed E-state index contributed by atoms with van der Waals surface area (Å²) in [5.41, 5.74) is 0.511. The Bertz CT molecular complexity index is 806. The van der Waals surface area contributed by atoms with Gasteiger partial charge in [0.25, 0.3) is 5.91 Å². The standard InChI is InChI=1S/C16H15NO7S2/c1-23-9-3-4-11(24-2)8(5-9)6-12-14(20)17(16(25)26-12)10(15(21)22)7-13(18)19/h3-6,10H,7H2,1-2H3,(H,18,19)(H,21,22)/p-2/b12-6-/t10-/m0/s1. The van der Waals surface area contributed by atoms with Gasteiger partial charge >= 0.3 is 0 Å². The van der Waals surface area contributed by atoms with E-state index in [0.29, 0.717) is 22.0 Å². The highest BCUT2D eigenvalue weighted by atomic mass is 32.2. The van der Waals surface area contributed by atoms with E-state index >= 15 is 0 Å². The van der Waals surface area contributed by atoms with Gasteiger partial charge in [0.2, 0.25) is 0 Å². The highest BCUT2D eigenvalue weighted by molar-refractivity contribution is 8.26. The highest BCUT2D eigenvalue weighted by Gasteiger charge is 2.38. The number of carboxylic acids is 2. The molecular formula is C16H13NO7S2-2. The largest absolute Gasteiger partial charge is 0.550 e. The molecule has 0 aromatic heterocycles. The summed E-state index contributed by atoms with van der Waals surface area (Å²) in [6.45, 7) is 0. The SMILES string of the molecule is COc1ccc(OC)c(/C=C2\SC(=S)N([C@@H](CC(=O)[O-])C(=O)[O-])C2=O)c1. The van der Waals surface area contributed by atoms with E-state index in [9.17, 15) is 24.6 Å². The molecule has 10 heteroatoms. The molecule has 0 N–H and O–H groups in total. The molecular weight excluding hydrogens is 382 g/mol. The molecule has 1 aliphatic rings. The third-order valence-electron chi connectivity index (χ3n) is 3.49. The fourth-order valence-corrected chi connectivity index (χ4v) is 3.63. The molecule has 1 aromatic rings. The molecule has 1 fully saturated rings. The van der Waals surface area contributed by atoms with Crippen molar-refractivity contribution in [2.45, 2.75) is 12.5 Å². The Kier molecular flexibility index (Phi) is 6.22. The van der Waals surface area contributed by atoms with Crippen LogP contribution in [0.4, 0.5) is 0 Å². The van der Waals surface area contributed by atoms with Crippen LogP contribution in [-0.4, -0.2) is 47.3 Å². The number of amides is 1. The smallest absolute Gasteiger partial charge is 0.266 e. The van der Waals surface area contributed by atoms with Crippen molar-refractivity contribution in [2.75, 3.05) is 14.2 Å². The van der Waals surface area contributed by atoms with E-state index in [1.54, 1.807) is 18.2 Å². The summed E-state index contributed by atoms with van der Waals surface area (Å²) in [4.78, 5) is 35.4. The summed E-state index contributed by atoms with van der Waals surface area (Å²) < 4.78 is 10.3. The number of aliphatic carboxylic acids is 2. The van der Waals surface area contributed by atoms with Crippen LogP contribution in [0.3, 0.4) is 0 Å². The second kappa shape index (κ2) is 8.19. The van der Waals surface area contributed by atoms with Crippen LogP contribution in [0.1, 0.15) is 12.0 Å². The number of carboxylic acid groups (broad SMARTS) is 2. The number of carbonyl (C=O) groups excluding carboxylic acids is 3. The maximum atomic E-state index is 12.6. The van der Waals surface area contributed by atoms with Gasteiger partial charge in [-0.1, -0.05) is 24.0 Å². The average Bonchev–Trinajstić information content (AvgIpc) is 2.86. The van der Waals surface area contributed by atoms with Crippen LogP contribution in [0, 0.1) is 0 Å². The number of carbonyl (C=O) groups is 3. The lowest BCUT2D eigenvalue weighted by Crippen LogP contribution is -2.52. The first-order chi connectivity index (χ1) is 12.3. The summed E-state index contributed by atoms with van der Waals surface area (Å²) in [5, 5.41) is 22.0. The topological polar surface area (TPSA) is 119 Å². The Hall–Kier alpha value is -2.59. The van der Waals surface area contributed by atoms with Crippen molar-refractivity contribution in [3.63, 3.8) is 0 Å². The number of thiocarbonyl (C=S) groups is 1. The minimum Gasteiger partial charge on any atom is -0.550 e. The molecule has 1 aliphatic heterocycles. The first kappa shape index (κ1) is 19.7. The summed E-state index contributed by atoms with van der Waals surface area (Å²) in [6.07, 6.45) is 0.538. The Morgan fingerprint density at radius 2 is 2.00 bits per heavy atom. The van der Waals surface area contributed by atoms with Crippen LogP contribution in [-0.2, 0) is 14.4 Å². The van der Waals surface area contributed by atoms with E-state index in [2.05, 4.69) is 0 Å². The average molecular weight is 395 g/mol. The van der Waals surface area contributed by atoms with Crippen molar-refractivity contribution in [1.29, 1.82) is 0 Å². The van der Waals surface area contributed by atoms with Gasteiger partial charge in [0.1, 0.15) is 15.8 Å². The lowest BCUT2D eigenvalue weighted by Gasteiger charge is -2.27. The van der Waals surface area contributed by atoms with Crippen molar-refractivity contribution in [3.05, 3.63) is 28.7 Å². The molecule has 8 nitrogen and oxygen atoms in total. The first-order valence-corrected chi connectivity index (χ1v) is 8.40. The van der Waals surface area contributed by atoms with Gasteiger partial charge in [0.15, 0.2) is 0 Å². The van der Waals surface area contributed by atoms with Crippen LogP contribution in [0.25, 0.3) is 6.08 Å². The molecule has 1 heterocycles. The lowest BCUT2D eigenvalue weighted by atomic mass is 10.1. The van der Waals surface area contributed by atoms with Crippen molar-refractivity contribution >= 4 is 52.2 Å². The fourth-order valence-electron chi connectivity index (χ4n) is 2.28. The zero-order chi connectivity index (χ0) is 19.4. The van der Waals surface area contributed by atoms with Crippen molar-refractivity contribution in [1.82, 2.24) is 4.90 Å². The molecule has 2 rings (SSSR count). The van der Waals surface area contributed by atoms with Gasteiger partial charge in [0.05, 0.1) is 31.1 Å². The number of methoxy groups -OCH3 is 2. The Balaban J connectivity index is 2.40. The summed E-state index contributed by atoms with van der Waals surface area (Å²) >= 11 is 5.89. The normalized spacial score (nSPS) is 16.7. The molecule has 26 heavy (non-hydrogen) atoms. The number of rotatable bonds is 7. The summed E-state index contributed by atoms with van der Waals surface area (Å²) in [6, 6.07) is 3.20. The van der Waals surface area contributed by atoms with Gasteiger partial charge in [-0.3, -0.25) is 9.69 Å². The molecule has 0 saturated carbocycles. The van der Waals surface area contributed by atoms with Crippen molar-refractivity contribution in [3.8, 4) is 11.5 Å². The van der Waals surface area contributed by atoms with Crippen LogP contribution in [0.5, 0.6) is 11.5 Å². The molecule has 1 atom stereocenters. The number of thioether (sulfide) groups is 1. The molecule has 1 aromatic carbocycles. The van der Waals surface area contributed by atoms with Gasteiger partial charge in [-0.2, -0.15) is 0 Å². The van der Waals surface area contributed by atoms with E-state index in [0.717, 1.165) is 11.8 Å². The molecule has 0 bridgehead atoms. The number of benzene rings is 1. The molecule has 138 valence electrons. The molecule has 0 radical (unpaired) electrons. The van der Waals surface area contributed by atoms with Crippen molar-refractivity contribution < 1.29 is 34.1 Å². The van der Waals surface area contributed by atoms with E-state index in [-0.39, 0.29) is 9.23 Å². The van der Waals surface area contributed by atoms with E-state index < -0.39 is 30.3 Å². The zero-order valence-corrected chi connectivity index (χ0v) is 15.3. The zero-order valence-electron chi connectivity index (χ0n) is 13.7. The molecule has 0 unspecified atom stereocenters. The second-order valence-corrected chi connectivity index (χ2v) is 6.75. The minimum absolute atomic E-state index is 0.0847. The lowest BCUT2D eigenvalue weighted by molar-refractivity contribution is -0.319. The molecule has 0 spiro atoms. The van der Waals surface area contributed by atoms with E-state index in [1.165, 1.54) is 20.3 Å². The van der Waals surface area contributed by atoms with Crippen LogP contribution in [0.2, 0.25) is 0 Å². The number of hydrogen-bond acceptors (Lipinski definition) is 9. The molecule has 0 aliphatic carbocycles. The van der Waals surface area contributed by atoms with Crippen LogP contribution < -0.4 is 19.7 Å². The first-order valence-electron chi connectivity index (χ1n) is 7.18. The number of ether oxygens (including phenoxy) is 2. The predicted molar refractivity (Wildman–Crippen MR) is 93.0 cm³/mol. The van der Waals surface area contributed by atoms with Crippen LogP contribution in [0.15, 0.2) is 23.1 Å². The Morgan fingerprint density at radius 3 is 2.54 bits per heavy atom. The molecule has 1 amide bonds. The van der Waals surface area contributed by atoms with E-state index in [1.807, 2.05) is 0 Å². The van der Waals surface area contributed by atoms with Gasteiger partial charge in [0, 0.05) is 18.0 Å². The second-order valence-electron chi connectivity index (χ2n) is 5.07. The fraction of sp³-hybridized carbons (Fsp3) is 0.250. The van der Waals surface area contributed by atoms with Gasteiger partial charge in [-0.05, 0) is 24.3 Å². The molecule has 1 saturated heterocycles.